The Bertz CT molecular complexity index is 989. The third-order valence-electron chi connectivity index (χ3n) is 4.21. The van der Waals surface area contributed by atoms with E-state index in [2.05, 4.69) is 19.9 Å². The van der Waals surface area contributed by atoms with Crippen LogP contribution in [-0.4, -0.2) is 29.2 Å². The lowest BCUT2D eigenvalue weighted by Crippen LogP contribution is -2.00. The minimum absolute atomic E-state index is 0.305. The van der Waals surface area contributed by atoms with E-state index in [9.17, 15) is 8.42 Å². The van der Waals surface area contributed by atoms with E-state index in [0.717, 1.165) is 29.2 Å². The fourth-order valence-electron chi connectivity index (χ4n) is 2.69. The molecule has 1 aliphatic rings. The molecule has 2 heterocycles. The predicted molar refractivity (Wildman–Crippen MR) is 93.1 cm³/mol. The first-order valence-electron chi connectivity index (χ1n) is 7.87. The van der Waals surface area contributed by atoms with Crippen molar-refractivity contribution in [1.29, 1.82) is 0 Å². The van der Waals surface area contributed by atoms with Gasteiger partial charge in [0.1, 0.15) is 11.3 Å². The average Bonchev–Trinajstić information content (AvgIpc) is 3.27. The van der Waals surface area contributed by atoms with Crippen LogP contribution in [-0.2, 0) is 16.4 Å². The van der Waals surface area contributed by atoms with Gasteiger partial charge in [0.15, 0.2) is 9.84 Å². The molecule has 0 amide bonds. The first-order chi connectivity index (χ1) is 11.5. The van der Waals surface area contributed by atoms with Crippen molar-refractivity contribution in [2.24, 2.45) is 5.92 Å². The molecule has 1 aliphatic carbocycles. The summed E-state index contributed by atoms with van der Waals surface area (Å²) in [5, 5.41) is 3.21. The first kappa shape index (κ1) is 15.1. The van der Waals surface area contributed by atoms with Crippen LogP contribution in [0.4, 0.5) is 11.5 Å². The lowest BCUT2D eigenvalue weighted by Gasteiger charge is -2.08. The Morgan fingerprint density at radius 1 is 1.21 bits per heavy atom. The molecule has 24 heavy (non-hydrogen) atoms. The number of sulfone groups is 1. The van der Waals surface area contributed by atoms with E-state index in [-0.39, 0.29) is 0 Å². The SMILES string of the molecule is CS(=O)(=O)c1ccc(Nc2cc3c(cn2)ncn3CC2CC2)cc1. The summed E-state index contributed by atoms with van der Waals surface area (Å²) < 4.78 is 25.2. The summed E-state index contributed by atoms with van der Waals surface area (Å²) in [6.07, 6.45) is 7.42. The van der Waals surface area contributed by atoms with Gasteiger partial charge in [-0.2, -0.15) is 0 Å². The molecule has 1 N–H and O–H groups in total. The highest BCUT2D eigenvalue weighted by atomic mass is 32.2. The Labute approximate surface area is 140 Å². The Morgan fingerprint density at radius 2 is 1.96 bits per heavy atom. The zero-order chi connectivity index (χ0) is 16.7. The van der Waals surface area contributed by atoms with Crippen molar-refractivity contribution in [2.45, 2.75) is 24.3 Å². The predicted octanol–water partition coefficient (Wildman–Crippen LogP) is 2.99. The molecule has 0 spiro atoms. The molecule has 1 saturated carbocycles. The van der Waals surface area contributed by atoms with Crippen LogP contribution in [0.15, 0.2) is 47.8 Å². The van der Waals surface area contributed by atoms with Crippen LogP contribution >= 0.6 is 0 Å². The molecular weight excluding hydrogens is 324 g/mol. The van der Waals surface area contributed by atoms with Gasteiger partial charge in [0.25, 0.3) is 0 Å². The van der Waals surface area contributed by atoms with E-state index in [0.29, 0.717) is 10.7 Å². The summed E-state index contributed by atoms with van der Waals surface area (Å²) in [5.74, 6) is 1.49. The van der Waals surface area contributed by atoms with Gasteiger partial charge in [-0.3, -0.25) is 0 Å². The molecule has 0 aliphatic heterocycles. The van der Waals surface area contributed by atoms with Crippen LogP contribution < -0.4 is 5.32 Å². The summed E-state index contributed by atoms with van der Waals surface area (Å²) in [6.45, 7) is 1.00. The maximum atomic E-state index is 11.5. The monoisotopic (exact) mass is 342 g/mol. The number of benzene rings is 1. The number of nitrogens with one attached hydrogen (secondary N) is 1. The van der Waals surface area contributed by atoms with Gasteiger partial charge in [0.05, 0.1) is 22.9 Å². The minimum atomic E-state index is -3.18. The number of nitrogens with zero attached hydrogens (tertiary/aromatic N) is 3. The van der Waals surface area contributed by atoms with Crippen molar-refractivity contribution in [3.8, 4) is 0 Å². The van der Waals surface area contributed by atoms with Crippen LogP contribution in [0.1, 0.15) is 12.8 Å². The first-order valence-corrected chi connectivity index (χ1v) is 9.76. The van der Waals surface area contributed by atoms with Crippen molar-refractivity contribution >= 4 is 32.4 Å². The highest BCUT2D eigenvalue weighted by Gasteiger charge is 2.22. The van der Waals surface area contributed by atoms with E-state index in [1.807, 2.05) is 12.4 Å². The standard InChI is InChI=1S/C17H18N4O2S/c1-24(22,23)14-6-4-13(5-7-14)20-17-8-16-15(9-18-17)19-11-21(16)10-12-2-3-12/h4-9,11-12H,2-3,10H2,1H3,(H,18,20). The Morgan fingerprint density at radius 3 is 2.62 bits per heavy atom. The number of pyridine rings is 1. The molecule has 6 nitrogen and oxygen atoms in total. The molecule has 3 aromatic rings. The van der Waals surface area contributed by atoms with E-state index in [4.69, 9.17) is 0 Å². The number of imidazole rings is 1. The van der Waals surface area contributed by atoms with Gasteiger partial charge in [0, 0.05) is 24.6 Å². The Balaban J connectivity index is 1.59. The zero-order valence-corrected chi connectivity index (χ0v) is 14.1. The van der Waals surface area contributed by atoms with Crippen molar-refractivity contribution in [3.05, 3.63) is 42.9 Å². The third-order valence-corrected chi connectivity index (χ3v) is 5.34. The summed E-state index contributed by atoms with van der Waals surface area (Å²) >= 11 is 0. The highest BCUT2D eigenvalue weighted by Crippen LogP contribution is 2.32. The van der Waals surface area contributed by atoms with E-state index >= 15 is 0 Å². The van der Waals surface area contributed by atoms with Crippen LogP contribution in [0.3, 0.4) is 0 Å². The lowest BCUT2D eigenvalue weighted by molar-refractivity contribution is 0.602. The molecule has 0 bridgehead atoms. The van der Waals surface area contributed by atoms with Gasteiger partial charge in [-0.05, 0) is 43.0 Å². The molecule has 4 rings (SSSR count). The number of aromatic nitrogens is 3. The summed E-state index contributed by atoms with van der Waals surface area (Å²) in [7, 11) is -3.18. The fourth-order valence-corrected chi connectivity index (χ4v) is 3.32. The maximum absolute atomic E-state index is 11.5. The van der Waals surface area contributed by atoms with Crippen LogP contribution in [0, 0.1) is 5.92 Å². The van der Waals surface area contributed by atoms with Crippen molar-refractivity contribution < 1.29 is 8.42 Å². The number of hydrogen-bond donors (Lipinski definition) is 1. The molecule has 0 saturated heterocycles. The van der Waals surface area contributed by atoms with Crippen LogP contribution in [0.5, 0.6) is 0 Å². The number of hydrogen-bond acceptors (Lipinski definition) is 5. The van der Waals surface area contributed by atoms with E-state index < -0.39 is 9.84 Å². The summed E-state index contributed by atoms with van der Waals surface area (Å²) in [6, 6.07) is 8.64. The Kier molecular flexibility index (Phi) is 3.53. The third kappa shape index (κ3) is 3.12. The number of rotatable bonds is 5. The van der Waals surface area contributed by atoms with E-state index in [1.165, 1.54) is 19.1 Å². The molecule has 7 heteroatoms. The molecule has 0 radical (unpaired) electrons. The molecule has 1 fully saturated rings. The van der Waals surface area contributed by atoms with Gasteiger partial charge in [0.2, 0.25) is 0 Å². The maximum Gasteiger partial charge on any atom is 0.175 e. The topological polar surface area (TPSA) is 76.9 Å². The van der Waals surface area contributed by atoms with Crippen LogP contribution in [0.25, 0.3) is 11.0 Å². The minimum Gasteiger partial charge on any atom is -0.340 e. The van der Waals surface area contributed by atoms with Gasteiger partial charge in [-0.15, -0.1) is 0 Å². The quantitative estimate of drug-likeness (QED) is 0.771. The van der Waals surface area contributed by atoms with Crippen molar-refractivity contribution in [1.82, 2.24) is 14.5 Å². The molecular formula is C17H18N4O2S. The second kappa shape index (κ2) is 5.59. The molecule has 0 unspecified atom stereocenters. The number of anilines is 2. The molecule has 0 atom stereocenters. The molecule has 124 valence electrons. The van der Waals surface area contributed by atoms with Gasteiger partial charge in [-0.1, -0.05) is 0 Å². The average molecular weight is 342 g/mol. The van der Waals surface area contributed by atoms with Gasteiger partial charge >= 0.3 is 0 Å². The normalized spacial score (nSPS) is 14.9. The van der Waals surface area contributed by atoms with Gasteiger partial charge in [-0.25, -0.2) is 18.4 Å². The second-order valence-corrected chi connectivity index (χ2v) is 8.34. The molecule has 1 aromatic carbocycles. The fraction of sp³-hybridized carbons (Fsp3) is 0.294. The number of fused-ring (bicyclic) bond motifs is 1. The summed E-state index contributed by atoms with van der Waals surface area (Å²) in [5.41, 5.74) is 2.74. The zero-order valence-electron chi connectivity index (χ0n) is 13.3. The summed E-state index contributed by atoms with van der Waals surface area (Å²) in [4.78, 5) is 9.07. The largest absolute Gasteiger partial charge is 0.340 e. The van der Waals surface area contributed by atoms with E-state index in [1.54, 1.807) is 30.5 Å². The lowest BCUT2D eigenvalue weighted by atomic mass is 10.3. The van der Waals surface area contributed by atoms with Crippen molar-refractivity contribution in [3.63, 3.8) is 0 Å². The van der Waals surface area contributed by atoms with Crippen molar-refractivity contribution in [2.75, 3.05) is 11.6 Å². The second-order valence-electron chi connectivity index (χ2n) is 6.32. The Hall–Kier alpha value is -2.41. The van der Waals surface area contributed by atoms with Crippen LogP contribution in [0.2, 0.25) is 0 Å². The molecule has 2 aromatic heterocycles. The highest BCUT2D eigenvalue weighted by molar-refractivity contribution is 7.90. The smallest absolute Gasteiger partial charge is 0.175 e. The van der Waals surface area contributed by atoms with Gasteiger partial charge < -0.3 is 9.88 Å².